The summed E-state index contributed by atoms with van der Waals surface area (Å²) in [6.45, 7) is 7.60. The molecule has 1 atom stereocenters. The Morgan fingerprint density at radius 1 is 1.10 bits per heavy atom. The largest absolute Gasteiger partial charge is 0.493 e. The van der Waals surface area contributed by atoms with E-state index in [2.05, 4.69) is 11.6 Å². The molecule has 2 aromatic carbocycles. The Kier molecular flexibility index (Phi) is 7.55. The van der Waals surface area contributed by atoms with Crippen molar-refractivity contribution >= 4 is 34.5 Å². The molecule has 0 radical (unpaired) electrons. The van der Waals surface area contributed by atoms with E-state index in [0.717, 1.165) is 11.3 Å². The van der Waals surface area contributed by atoms with Gasteiger partial charge in [0, 0.05) is 12.1 Å². The molecule has 1 amide bonds. The molecule has 1 aromatic heterocycles. The maximum atomic E-state index is 14.3. The number of thiazole rings is 1. The zero-order valence-electron chi connectivity index (χ0n) is 23.3. The fraction of sp³-hybridized carbons (Fsp3) is 0.267. The van der Waals surface area contributed by atoms with E-state index in [1.54, 1.807) is 37.0 Å². The Bertz CT molecular complexity index is 1780. The molecule has 0 N–H and O–H groups in total. The van der Waals surface area contributed by atoms with Gasteiger partial charge in [-0.05, 0) is 37.6 Å². The second-order valence-corrected chi connectivity index (χ2v) is 10.2. The van der Waals surface area contributed by atoms with Crippen molar-refractivity contribution in [1.82, 2.24) is 4.57 Å². The standard InChI is InChI=1S/C30H29N3O7S/c1-7-13-32-19-12-10-9-11-18(19)23(27(32)34)26-28(35)33-24(17-14-20(37-4)25(39-6)21(15-17)38-5)22(29(36)40-8-2)16(3)31-30(33)41-26/h7,9-12,14-15,24H,1,8,13H2,2-6H3/b26-23+/t24-/m1/s1. The van der Waals surface area contributed by atoms with Crippen molar-refractivity contribution in [3.05, 3.63) is 91.1 Å². The molecule has 0 saturated carbocycles. The van der Waals surface area contributed by atoms with Crippen molar-refractivity contribution < 1.29 is 28.5 Å². The molecule has 2 aliphatic rings. The molecule has 10 nitrogen and oxygen atoms in total. The van der Waals surface area contributed by atoms with Gasteiger partial charge in [-0.1, -0.05) is 35.6 Å². The van der Waals surface area contributed by atoms with Crippen LogP contribution in [0, 0.1) is 0 Å². The molecule has 5 rings (SSSR count). The number of amides is 1. The SMILES string of the molecule is C=CCN1C(=O)/C(=c2/sc3n(c2=O)[C@H](c2cc(OC)c(OC)c(OC)c2)C(C(=O)OCC)=C(C)N=3)c2ccccc21. The number of benzene rings is 2. The summed E-state index contributed by atoms with van der Waals surface area (Å²) in [6, 6.07) is 9.75. The predicted octanol–water partition coefficient (Wildman–Crippen LogP) is 2.73. The number of para-hydroxylation sites is 1. The molecule has 0 aliphatic carbocycles. The van der Waals surface area contributed by atoms with Crippen LogP contribution in [0.1, 0.15) is 31.0 Å². The number of anilines is 1. The molecule has 0 unspecified atom stereocenters. The maximum Gasteiger partial charge on any atom is 0.338 e. The molecule has 11 heteroatoms. The normalized spacial score (nSPS) is 17.0. The number of ether oxygens (including phenoxy) is 4. The van der Waals surface area contributed by atoms with Crippen LogP contribution in [-0.2, 0) is 14.3 Å². The molecule has 2 aliphatic heterocycles. The van der Waals surface area contributed by atoms with Gasteiger partial charge in [-0.25, -0.2) is 9.79 Å². The van der Waals surface area contributed by atoms with E-state index in [1.165, 1.54) is 25.9 Å². The zero-order valence-corrected chi connectivity index (χ0v) is 24.2. The first-order valence-corrected chi connectivity index (χ1v) is 13.7. The minimum absolute atomic E-state index is 0.135. The van der Waals surface area contributed by atoms with Crippen LogP contribution in [0.2, 0.25) is 0 Å². The highest BCUT2D eigenvalue weighted by atomic mass is 32.1. The number of carbonyl (C=O) groups is 2. The number of aromatic nitrogens is 1. The lowest BCUT2D eigenvalue weighted by Gasteiger charge is -2.26. The summed E-state index contributed by atoms with van der Waals surface area (Å²) in [4.78, 5) is 47.9. The zero-order chi connectivity index (χ0) is 29.4. The van der Waals surface area contributed by atoms with Gasteiger partial charge in [-0.3, -0.25) is 14.2 Å². The fourth-order valence-electron chi connectivity index (χ4n) is 5.23. The van der Waals surface area contributed by atoms with Crippen LogP contribution in [0.15, 0.2) is 70.1 Å². The lowest BCUT2D eigenvalue weighted by Crippen LogP contribution is -2.41. The van der Waals surface area contributed by atoms with E-state index in [4.69, 9.17) is 18.9 Å². The molecule has 3 heterocycles. The lowest BCUT2D eigenvalue weighted by atomic mass is 9.95. The highest BCUT2D eigenvalue weighted by Crippen LogP contribution is 2.42. The number of esters is 1. The number of methoxy groups -OCH3 is 3. The first-order valence-electron chi connectivity index (χ1n) is 12.8. The van der Waals surface area contributed by atoms with E-state index in [-0.39, 0.29) is 34.7 Å². The average Bonchev–Trinajstić information content (AvgIpc) is 3.43. The molecular weight excluding hydrogens is 546 g/mol. The van der Waals surface area contributed by atoms with Crippen molar-refractivity contribution in [3.63, 3.8) is 0 Å². The summed E-state index contributed by atoms with van der Waals surface area (Å²) in [5, 5.41) is 0. The molecule has 3 aromatic rings. The Balaban J connectivity index is 1.85. The second-order valence-electron chi connectivity index (χ2n) is 9.18. The Labute approximate surface area is 240 Å². The fourth-order valence-corrected chi connectivity index (χ4v) is 6.36. The van der Waals surface area contributed by atoms with Gasteiger partial charge in [0.1, 0.15) is 4.53 Å². The number of allylic oxidation sites excluding steroid dienone is 1. The number of fused-ring (bicyclic) bond motifs is 2. The number of hydrogen-bond acceptors (Lipinski definition) is 9. The van der Waals surface area contributed by atoms with E-state index in [9.17, 15) is 14.4 Å². The van der Waals surface area contributed by atoms with Crippen LogP contribution in [0.4, 0.5) is 5.69 Å². The monoisotopic (exact) mass is 575 g/mol. The third kappa shape index (κ3) is 4.42. The Hall–Kier alpha value is -4.64. The van der Waals surface area contributed by atoms with Gasteiger partial charge < -0.3 is 23.8 Å². The van der Waals surface area contributed by atoms with Gasteiger partial charge in [-0.2, -0.15) is 0 Å². The van der Waals surface area contributed by atoms with Gasteiger partial charge in [0.2, 0.25) is 5.75 Å². The van der Waals surface area contributed by atoms with Crippen LogP contribution >= 0.6 is 11.3 Å². The summed E-state index contributed by atoms with van der Waals surface area (Å²) < 4.78 is 23.7. The number of nitrogens with zero attached hydrogens (tertiary/aromatic N) is 3. The highest BCUT2D eigenvalue weighted by Gasteiger charge is 2.37. The van der Waals surface area contributed by atoms with Crippen molar-refractivity contribution in [2.24, 2.45) is 4.99 Å². The summed E-state index contributed by atoms with van der Waals surface area (Å²) in [7, 11) is 4.46. The predicted molar refractivity (Wildman–Crippen MR) is 154 cm³/mol. The number of carbonyl (C=O) groups excluding carboxylic acids is 2. The van der Waals surface area contributed by atoms with E-state index in [0.29, 0.717) is 44.6 Å². The third-order valence-corrected chi connectivity index (χ3v) is 8.01. The molecule has 0 fully saturated rings. The van der Waals surface area contributed by atoms with E-state index in [1.807, 2.05) is 24.3 Å². The van der Waals surface area contributed by atoms with Crippen molar-refractivity contribution in [3.8, 4) is 17.2 Å². The third-order valence-electron chi connectivity index (χ3n) is 6.96. The summed E-state index contributed by atoms with van der Waals surface area (Å²) in [6.07, 6.45) is 1.64. The molecule has 0 saturated heterocycles. The summed E-state index contributed by atoms with van der Waals surface area (Å²) in [5.41, 5.74) is 2.27. The molecule has 212 valence electrons. The minimum atomic E-state index is -0.940. The first kappa shape index (κ1) is 27.9. The van der Waals surface area contributed by atoms with Crippen LogP contribution in [0.5, 0.6) is 17.2 Å². The Morgan fingerprint density at radius 2 is 1.78 bits per heavy atom. The van der Waals surface area contributed by atoms with Gasteiger partial charge in [0.15, 0.2) is 16.3 Å². The smallest absolute Gasteiger partial charge is 0.338 e. The first-order chi connectivity index (χ1) is 19.8. The van der Waals surface area contributed by atoms with Gasteiger partial charge >= 0.3 is 5.97 Å². The van der Waals surface area contributed by atoms with Gasteiger partial charge in [0.25, 0.3) is 11.5 Å². The summed E-state index contributed by atoms with van der Waals surface area (Å²) in [5.74, 6) is 0.156. The minimum Gasteiger partial charge on any atom is -0.493 e. The average molecular weight is 576 g/mol. The van der Waals surface area contributed by atoms with E-state index >= 15 is 0 Å². The highest BCUT2D eigenvalue weighted by molar-refractivity contribution is 7.07. The quantitative estimate of drug-likeness (QED) is 0.300. The van der Waals surface area contributed by atoms with Crippen LogP contribution in [-0.4, -0.2) is 50.9 Å². The van der Waals surface area contributed by atoms with Gasteiger partial charge in [0.05, 0.1) is 56.5 Å². The summed E-state index contributed by atoms with van der Waals surface area (Å²) >= 11 is 1.10. The van der Waals surface area contributed by atoms with Crippen molar-refractivity contribution in [1.29, 1.82) is 0 Å². The van der Waals surface area contributed by atoms with Gasteiger partial charge in [-0.15, -0.1) is 6.58 Å². The molecular formula is C30H29N3O7S. The molecule has 41 heavy (non-hydrogen) atoms. The molecule has 0 spiro atoms. The lowest BCUT2D eigenvalue weighted by molar-refractivity contribution is -0.139. The molecule has 0 bridgehead atoms. The maximum absolute atomic E-state index is 14.3. The van der Waals surface area contributed by atoms with Crippen LogP contribution in [0.3, 0.4) is 0 Å². The van der Waals surface area contributed by atoms with Crippen LogP contribution in [0.25, 0.3) is 5.57 Å². The van der Waals surface area contributed by atoms with Crippen LogP contribution < -0.4 is 34.0 Å². The van der Waals surface area contributed by atoms with Crippen molar-refractivity contribution in [2.45, 2.75) is 19.9 Å². The van der Waals surface area contributed by atoms with E-state index < -0.39 is 17.6 Å². The number of rotatable bonds is 8. The second kappa shape index (κ2) is 11.1. The Morgan fingerprint density at radius 3 is 2.39 bits per heavy atom. The number of hydrogen-bond donors (Lipinski definition) is 0. The topological polar surface area (TPSA) is 109 Å². The van der Waals surface area contributed by atoms with Crippen molar-refractivity contribution in [2.75, 3.05) is 39.4 Å².